The van der Waals surface area contributed by atoms with Gasteiger partial charge in [0.2, 0.25) is 0 Å². The Kier molecular flexibility index (Phi) is 21.6. The first kappa shape index (κ1) is 35.4. The minimum absolute atomic E-state index is 0. The molecule has 8 N–H and O–H groups in total. The minimum atomic E-state index is -1.06. The molecule has 0 atom stereocenters. The summed E-state index contributed by atoms with van der Waals surface area (Å²) in [6.45, 7) is 7.08. The van der Waals surface area contributed by atoms with Crippen LogP contribution < -0.4 is 0 Å². The molecule has 0 heterocycles. The standard InChI is InChI=1S/2C8H6O4.C4H8.2H2O.Ti/c2*9-7(10)5-1-2-6(4-3-5)8(11)12;1-3-4-2;;;/h2*1-4H,(H,9,10)(H,11,12);1-4H2;2*1H2;/q;;-2;;;+2. The first-order valence-electron chi connectivity index (χ1n) is 7.85. The van der Waals surface area contributed by atoms with Crippen LogP contribution in [0.5, 0.6) is 0 Å². The van der Waals surface area contributed by atoms with E-state index in [0.717, 1.165) is 12.8 Å². The Labute approximate surface area is 193 Å². The second kappa shape index (κ2) is 18.9. The summed E-state index contributed by atoms with van der Waals surface area (Å²) in [6, 6.07) is 10.0. The molecular formula is C20H24O10Ti. The molecule has 0 aliphatic rings. The summed E-state index contributed by atoms with van der Waals surface area (Å²) in [5.41, 5.74) is 0.333. The predicted octanol–water partition coefficient (Wildman–Crippen LogP) is 1.95. The van der Waals surface area contributed by atoms with Crippen molar-refractivity contribution in [3.63, 3.8) is 0 Å². The van der Waals surface area contributed by atoms with Gasteiger partial charge in [-0.1, -0.05) is 0 Å². The fourth-order valence-corrected chi connectivity index (χ4v) is 1.51. The van der Waals surface area contributed by atoms with Crippen LogP contribution in [0.1, 0.15) is 54.3 Å². The van der Waals surface area contributed by atoms with E-state index in [2.05, 4.69) is 13.8 Å². The van der Waals surface area contributed by atoms with Crippen LogP contribution in [-0.2, 0) is 21.7 Å². The zero-order chi connectivity index (χ0) is 21.7. The number of unbranched alkanes of at least 4 members (excludes halogenated alkanes) is 1. The maximum absolute atomic E-state index is 10.3. The van der Waals surface area contributed by atoms with E-state index >= 15 is 0 Å². The Balaban J connectivity index is -0.000000186. The Morgan fingerprint density at radius 3 is 0.710 bits per heavy atom. The maximum atomic E-state index is 10.3. The summed E-state index contributed by atoms with van der Waals surface area (Å²) in [5.74, 6) is -4.25. The van der Waals surface area contributed by atoms with Crippen LogP contribution in [0.2, 0.25) is 0 Å². The molecule has 2 aromatic rings. The molecule has 0 fully saturated rings. The third-order valence-corrected chi connectivity index (χ3v) is 3.01. The zero-order valence-corrected chi connectivity index (χ0v) is 17.9. The summed E-state index contributed by atoms with van der Waals surface area (Å²) < 4.78 is 0. The molecule has 0 unspecified atom stereocenters. The molecule has 11 heteroatoms. The Hall–Kier alpha value is -3.05. The van der Waals surface area contributed by atoms with Crippen LogP contribution in [0.3, 0.4) is 0 Å². The number of carboxylic acids is 4. The number of carbonyl (C=O) groups is 4. The van der Waals surface area contributed by atoms with Gasteiger partial charge in [-0.2, -0.15) is 0 Å². The molecule has 0 amide bonds. The Bertz CT molecular complexity index is 666. The van der Waals surface area contributed by atoms with E-state index in [1.165, 1.54) is 48.5 Å². The van der Waals surface area contributed by atoms with Crippen molar-refractivity contribution < 1.29 is 72.3 Å². The number of carboxylic acid groups (broad SMARTS) is 4. The van der Waals surface area contributed by atoms with E-state index in [1.807, 2.05) is 0 Å². The van der Waals surface area contributed by atoms with Gasteiger partial charge >= 0.3 is 45.6 Å². The van der Waals surface area contributed by atoms with Crippen LogP contribution in [0.15, 0.2) is 48.5 Å². The van der Waals surface area contributed by atoms with Gasteiger partial charge in [0.1, 0.15) is 0 Å². The molecule has 0 saturated carbocycles. The first-order valence-corrected chi connectivity index (χ1v) is 7.85. The summed E-state index contributed by atoms with van der Waals surface area (Å²) in [4.78, 5) is 41.3. The third-order valence-electron chi connectivity index (χ3n) is 3.01. The summed E-state index contributed by atoms with van der Waals surface area (Å²) in [6.07, 6.45) is 1.92. The molecule has 0 spiro atoms. The van der Waals surface area contributed by atoms with E-state index < -0.39 is 23.9 Å². The number of benzene rings is 2. The minimum Gasteiger partial charge on any atom is -0.478 e. The molecule has 0 aromatic heterocycles. The number of aromatic carboxylic acids is 4. The summed E-state index contributed by atoms with van der Waals surface area (Å²) in [5, 5.41) is 33.9. The Morgan fingerprint density at radius 2 is 0.645 bits per heavy atom. The van der Waals surface area contributed by atoms with E-state index in [1.54, 1.807) is 0 Å². The van der Waals surface area contributed by atoms with E-state index in [0.29, 0.717) is 0 Å². The molecule has 0 aliphatic carbocycles. The molecular weight excluding hydrogens is 448 g/mol. The van der Waals surface area contributed by atoms with Gasteiger partial charge in [-0.3, -0.25) is 0 Å². The smallest absolute Gasteiger partial charge is 0.478 e. The Morgan fingerprint density at radius 1 is 0.516 bits per heavy atom. The van der Waals surface area contributed by atoms with E-state index in [4.69, 9.17) is 20.4 Å². The molecule has 2 rings (SSSR count). The van der Waals surface area contributed by atoms with Gasteiger partial charge in [0.15, 0.2) is 0 Å². The molecule has 2 aromatic carbocycles. The monoisotopic (exact) mass is 472 g/mol. The molecule has 168 valence electrons. The summed E-state index contributed by atoms with van der Waals surface area (Å²) >= 11 is 0. The average Bonchev–Trinajstić information content (AvgIpc) is 2.68. The molecule has 31 heavy (non-hydrogen) atoms. The van der Waals surface area contributed by atoms with Crippen molar-refractivity contribution in [1.82, 2.24) is 0 Å². The fourth-order valence-electron chi connectivity index (χ4n) is 1.51. The molecule has 0 saturated heterocycles. The molecule has 0 radical (unpaired) electrons. The largest absolute Gasteiger partial charge is 2.00 e. The van der Waals surface area contributed by atoms with Crippen molar-refractivity contribution >= 4 is 23.9 Å². The second-order valence-electron chi connectivity index (χ2n) is 5.08. The van der Waals surface area contributed by atoms with Crippen molar-refractivity contribution in [2.45, 2.75) is 12.8 Å². The second-order valence-corrected chi connectivity index (χ2v) is 5.08. The van der Waals surface area contributed by atoms with Gasteiger partial charge in [0.25, 0.3) is 0 Å². The van der Waals surface area contributed by atoms with Gasteiger partial charge in [-0.25, -0.2) is 32.0 Å². The van der Waals surface area contributed by atoms with Gasteiger partial charge in [-0.05, 0) is 48.5 Å². The van der Waals surface area contributed by atoms with E-state index in [9.17, 15) is 19.2 Å². The normalized spacial score (nSPS) is 8.19. The fraction of sp³-hybridized carbons (Fsp3) is 0.100. The van der Waals surface area contributed by atoms with Crippen molar-refractivity contribution in [2.75, 3.05) is 0 Å². The van der Waals surface area contributed by atoms with E-state index in [-0.39, 0.29) is 54.9 Å². The summed E-state index contributed by atoms with van der Waals surface area (Å²) in [7, 11) is 0. The van der Waals surface area contributed by atoms with Crippen LogP contribution >= 0.6 is 0 Å². The van der Waals surface area contributed by atoms with Crippen molar-refractivity contribution in [1.29, 1.82) is 0 Å². The van der Waals surface area contributed by atoms with Crippen molar-refractivity contribution in [3.05, 3.63) is 84.6 Å². The number of rotatable bonds is 5. The molecule has 10 nitrogen and oxygen atoms in total. The first-order chi connectivity index (χ1) is 13.1. The third kappa shape index (κ3) is 14.6. The van der Waals surface area contributed by atoms with Crippen LogP contribution in [-0.4, -0.2) is 55.3 Å². The number of hydrogen-bond donors (Lipinski definition) is 4. The van der Waals surface area contributed by atoms with Gasteiger partial charge in [-0.15, -0.1) is 0 Å². The van der Waals surface area contributed by atoms with Gasteiger partial charge < -0.3 is 45.2 Å². The maximum Gasteiger partial charge on any atom is 2.00 e. The van der Waals surface area contributed by atoms with Crippen molar-refractivity contribution in [2.24, 2.45) is 0 Å². The number of hydrogen-bond acceptors (Lipinski definition) is 4. The van der Waals surface area contributed by atoms with Gasteiger partial charge in [0.05, 0.1) is 22.3 Å². The quantitative estimate of drug-likeness (QED) is 0.372. The van der Waals surface area contributed by atoms with Crippen LogP contribution in [0, 0.1) is 13.8 Å². The SMILES string of the molecule is O.O.O=C(O)c1ccc(C(=O)O)cc1.O=C(O)c1ccc(C(=O)O)cc1.[CH2-]CC[CH2-].[Ti+2]. The average molecular weight is 472 g/mol. The van der Waals surface area contributed by atoms with Gasteiger partial charge in [0, 0.05) is 0 Å². The molecule has 0 aliphatic heterocycles. The zero-order valence-electron chi connectivity index (χ0n) is 16.4. The van der Waals surface area contributed by atoms with Crippen molar-refractivity contribution in [3.8, 4) is 0 Å². The van der Waals surface area contributed by atoms with Crippen LogP contribution in [0.25, 0.3) is 0 Å². The predicted molar refractivity (Wildman–Crippen MR) is 108 cm³/mol. The topological polar surface area (TPSA) is 212 Å². The molecule has 0 bridgehead atoms. The van der Waals surface area contributed by atoms with Crippen LogP contribution in [0.4, 0.5) is 0 Å².